The highest BCUT2D eigenvalue weighted by atomic mass is 32.1. The summed E-state index contributed by atoms with van der Waals surface area (Å²) in [5.74, 6) is 0.0127. The molecule has 1 saturated heterocycles. The number of anilines is 1. The lowest BCUT2D eigenvalue weighted by Crippen LogP contribution is -2.51. The Balaban J connectivity index is 1.31. The van der Waals surface area contributed by atoms with Gasteiger partial charge in [0.25, 0.3) is 5.91 Å². The minimum atomic E-state index is -0.144. The maximum atomic E-state index is 12.6. The quantitative estimate of drug-likeness (QED) is 0.712. The summed E-state index contributed by atoms with van der Waals surface area (Å²) in [6.07, 6.45) is 0. The monoisotopic (exact) mass is 406 g/mol. The molecule has 0 atom stereocenters. The zero-order chi connectivity index (χ0) is 20.2. The van der Waals surface area contributed by atoms with Gasteiger partial charge in [0, 0.05) is 54.1 Å². The number of hydrogen-bond acceptors (Lipinski definition) is 4. The second-order valence-corrected chi connectivity index (χ2v) is 7.80. The number of benzene rings is 2. The largest absolute Gasteiger partial charge is 0.335 e. The van der Waals surface area contributed by atoms with Crippen LogP contribution < -0.4 is 5.32 Å². The molecule has 148 valence electrons. The van der Waals surface area contributed by atoms with Crippen molar-refractivity contribution in [2.24, 2.45) is 0 Å². The van der Waals surface area contributed by atoms with Crippen molar-refractivity contribution in [1.29, 1.82) is 0 Å². The van der Waals surface area contributed by atoms with E-state index < -0.39 is 0 Å². The molecule has 0 unspecified atom stereocenters. The molecular weight excluding hydrogens is 384 g/mol. The van der Waals surface area contributed by atoms with Crippen molar-refractivity contribution in [1.82, 2.24) is 14.8 Å². The highest BCUT2D eigenvalue weighted by molar-refractivity contribution is 7.13. The molecule has 1 N–H and O–H groups in total. The summed E-state index contributed by atoms with van der Waals surface area (Å²) in [6.45, 7) is 4.07. The van der Waals surface area contributed by atoms with Crippen molar-refractivity contribution in [2.45, 2.75) is 6.92 Å². The summed E-state index contributed by atoms with van der Waals surface area (Å²) in [7, 11) is 0. The summed E-state index contributed by atoms with van der Waals surface area (Å²) >= 11 is 1.61. The zero-order valence-electron chi connectivity index (χ0n) is 16.2. The number of nitrogens with zero attached hydrogens (tertiary/aromatic N) is 3. The number of rotatable bonds is 3. The molecule has 0 radical (unpaired) electrons. The molecule has 1 aromatic heterocycles. The number of urea groups is 1. The van der Waals surface area contributed by atoms with E-state index in [-0.39, 0.29) is 11.9 Å². The zero-order valence-corrected chi connectivity index (χ0v) is 17.0. The van der Waals surface area contributed by atoms with Crippen LogP contribution in [-0.2, 0) is 0 Å². The van der Waals surface area contributed by atoms with E-state index >= 15 is 0 Å². The summed E-state index contributed by atoms with van der Waals surface area (Å²) < 4.78 is 0. The minimum absolute atomic E-state index is 0.0127. The van der Waals surface area contributed by atoms with Gasteiger partial charge in [-0.3, -0.25) is 4.79 Å². The van der Waals surface area contributed by atoms with Gasteiger partial charge in [-0.2, -0.15) is 0 Å². The van der Waals surface area contributed by atoms with E-state index in [1.54, 1.807) is 21.1 Å². The first kappa shape index (κ1) is 19.1. The van der Waals surface area contributed by atoms with Crippen molar-refractivity contribution in [3.05, 3.63) is 71.2 Å². The fourth-order valence-electron chi connectivity index (χ4n) is 3.26. The van der Waals surface area contributed by atoms with Crippen LogP contribution in [0.25, 0.3) is 10.6 Å². The van der Waals surface area contributed by atoms with Gasteiger partial charge < -0.3 is 15.1 Å². The molecule has 3 aromatic rings. The highest BCUT2D eigenvalue weighted by Gasteiger charge is 2.24. The first-order valence-corrected chi connectivity index (χ1v) is 10.4. The normalized spacial score (nSPS) is 14.0. The van der Waals surface area contributed by atoms with Gasteiger partial charge in [0.15, 0.2) is 0 Å². The Labute approximate surface area is 173 Å². The number of aryl methyl sites for hydroxylation is 1. The van der Waals surface area contributed by atoms with Crippen molar-refractivity contribution in [3.63, 3.8) is 0 Å². The molecule has 1 aliphatic rings. The summed E-state index contributed by atoms with van der Waals surface area (Å²) in [6, 6.07) is 16.8. The first-order valence-electron chi connectivity index (χ1n) is 9.53. The summed E-state index contributed by atoms with van der Waals surface area (Å²) in [5.41, 5.74) is 3.47. The highest BCUT2D eigenvalue weighted by Crippen LogP contribution is 2.25. The van der Waals surface area contributed by atoms with Crippen LogP contribution in [0.2, 0.25) is 0 Å². The van der Waals surface area contributed by atoms with Crippen molar-refractivity contribution >= 4 is 29.0 Å². The summed E-state index contributed by atoms with van der Waals surface area (Å²) in [5, 5.41) is 5.93. The molecule has 0 aliphatic carbocycles. The van der Waals surface area contributed by atoms with E-state index in [1.807, 2.05) is 66.9 Å². The van der Waals surface area contributed by atoms with Gasteiger partial charge in [-0.1, -0.05) is 18.2 Å². The molecule has 7 heteroatoms. The fraction of sp³-hybridized carbons (Fsp3) is 0.227. The third-order valence-corrected chi connectivity index (χ3v) is 5.89. The van der Waals surface area contributed by atoms with Crippen LogP contribution in [0.15, 0.2) is 60.0 Å². The molecular formula is C22H22N4O2S. The van der Waals surface area contributed by atoms with Gasteiger partial charge in [0.2, 0.25) is 0 Å². The smallest absolute Gasteiger partial charge is 0.321 e. The van der Waals surface area contributed by atoms with Gasteiger partial charge in [-0.25, -0.2) is 9.78 Å². The minimum Gasteiger partial charge on any atom is -0.335 e. The maximum Gasteiger partial charge on any atom is 0.321 e. The molecule has 3 amide bonds. The van der Waals surface area contributed by atoms with Crippen LogP contribution in [0, 0.1) is 6.92 Å². The number of carbonyl (C=O) groups is 2. The van der Waals surface area contributed by atoms with Gasteiger partial charge in [-0.15, -0.1) is 11.3 Å². The van der Waals surface area contributed by atoms with Gasteiger partial charge >= 0.3 is 6.03 Å². The molecule has 0 saturated carbocycles. The standard InChI is InChI=1S/C22H22N4O2S/c1-16-15-29-20(23-16)17-7-9-19(10-8-17)24-22(28)26-13-11-25(12-14-26)21(27)18-5-3-2-4-6-18/h2-10,15H,11-14H2,1H3,(H,24,28). The van der Waals surface area contributed by atoms with Crippen LogP contribution in [0.4, 0.5) is 10.5 Å². The Morgan fingerprint density at radius 3 is 2.21 bits per heavy atom. The van der Waals surface area contributed by atoms with E-state index in [2.05, 4.69) is 10.3 Å². The van der Waals surface area contributed by atoms with Crippen LogP contribution >= 0.6 is 11.3 Å². The topological polar surface area (TPSA) is 65.5 Å². The predicted molar refractivity (Wildman–Crippen MR) is 115 cm³/mol. The maximum absolute atomic E-state index is 12.6. The Kier molecular flexibility index (Phi) is 5.57. The molecule has 2 aromatic carbocycles. The van der Waals surface area contributed by atoms with Crippen LogP contribution in [0.3, 0.4) is 0 Å². The Hall–Kier alpha value is -3.19. The van der Waals surface area contributed by atoms with Gasteiger partial charge in [0.1, 0.15) is 5.01 Å². The molecule has 1 aliphatic heterocycles. The number of amides is 3. The lowest BCUT2D eigenvalue weighted by molar-refractivity contribution is 0.0671. The van der Waals surface area contributed by atoms with Gasteiger partial charge in [-0.05, 0) is 43.3 Å². The third-order valence-electron chi connectivity index (χ3n) is 4.88. The van der Waals surface area contributed by atoms with E-state index in [1.165, 1.54) is 0 Å². The van der Waals surface area contributed by atoms with E-state index in [0.29, 0.717) is 31.7 Å². The molecule has 0 spiro atoms. The number of hydrogen-bond donors (Lipinski definition) is 1. The molecule has 2 heterocycles. The number of thiazole rings is 1. The molecule has 1 fully saturated rings. The molecule has 0 bridgehead atoms. The number of nitrogens with one attached hydrogen (secondary N) is 1. The Morgan fingerprint density at radius 1 is 0.931 bits per heavy atom. The second-order valence-electron chi connectivity index (χ2n) is 6.95. The lowest BCUT2D eigenvalue weighted by Gasteiger charge is -2.34. The second kappa shape index (κ2) is 8.45. The molecule has 4 rings (SSSR count). The molecule has 29 heavy (non-hydrogen) atoms. The number of aromatic nitrogens is 1. The number of carbonyl (C=O) groups excluding carboxylic acids is 2. The molecule has 6 nitrogen and oxygen atoms in total. The average Bonchev–Trinajstić information content (AvgIpc) is 3.21. The summed E-state index contributed by atoms with van der Waals surface area (Å²) in [4.78, 5) is 33.1. The van der Waals surface area contributed by atoms with E-state index in [9.17, 15) is 9.59 Å². The van der Waals surface area contributed by atoms with E-state index in [0.717, 1.165) is 22.0 Å². The van der Waals surface area contributed by atoms with Crippen LogP contribution in [0.1, 0.15) is 16.1 Å². The predicted octanol–water partition coefficient (Wildman–Crippen LogP) is 4.11. The van der Waals surface area contributed by atoms with Crippen molar-refractivity contribution in [2.75, 3.05) is 31.5 Å². The van der Waals surface area contributed by atoms with Crippen LogP contribution in [-0.4, -0.2) is 52.9 Å². The third kappa shape index (κ3) is 4.46. The first-order chi connectivity index (χ1) is 14.1. The SMILES string of the molecule is Cc1csc(-c2ccc(NC(=O)N3CCN(C(=O)c4ccccc4)CC3)cc2)n1. The van der Waals surface area contributed by atoms with Gasteiger partial charge in [0.05, 0.1) is 0 Å². The van der Waals surface area contributed by atoms with E-state index in [4.69, 9.17) is 0 Å². The average molecular weight is 407 g/mol. The fourth-order valence-corrected chi connectivity index (χ4v) is 4.06. The van der Waals surface area contributed by atoms with Crippen molar-refractivity contribution < 1.29 is 9.59 Å². The Morgan fingerprint density at radius 2 is 1.59 bits per heavy atom. The number of piperazine rings is 1. The lowest BCUT2D eigenvalue weighted by atomic mass is 10.2. The van der Waals surface area contributed by atoms with Crippen LogP contribution in [0.5, 0.6) is 0 Å². The Bertz CT molecular complexity index is 993. The van der Waals surface area contributed by atoms with Crippen molar-refractivity contribution in [3.8, 4) is 10.6 Å².